The fourth-order valence-corrected chi connectivity index (χ4v) is 3.09. The Hall–Kier alpha value is -1.56. The molecule has 0 aliphatic carbocycles. The van der Waals surface area contributed by atoms with Crippen molar-refractivity contribution in [3.05, 3.63) is 56.2 Å². The van der Waals surface area contributed by atoms with Crippen molar-refractivity contribution in [3.63, 3.8) is 0 Å². The molecule has 110 valence electrons. The zero-order valence-corrected chi connectivity index (χ0v) is 13.2. The van der Waals surface area contributed by atoms with Crippen LogP contribution in [0.1, 0.15) is 20.7 Å². The minimum Gasteiger partial charge on any atom is -0.350 e. The smallest absolute Gasteiger partial charge is 0.253 e. The van der Waals surface area contributed by atoms with Gasteiger partial charge in [-0.15, -0.1) is 11.3 Å². The molecule has 1 aromatic carbocycles. The van der Waals surface area contributed by atoms with Gasteiger partial charge in [-0.3, -0.25) is 9.59 Å². The topological polar surface area (TPSA) is 58.2 Å². The van der Waals surface area contributed by atoms with Crippen molar-refractivity contribution in [2.75, 3.05) is 13.1 Å². The number of halogens is 2. The van der Waals surface area contributed by atoms with E-state index < -0.39 is 0 Å². The Morgan fingerprint density at radius 3 is 2.19 bits per heavy atom. The number of amides is 2. The number of carbonyl (C=O) groups excluding carboxylic acids is 2. The number of carbonyl (C=O) groups is 2. The summed E-state index contributed by atoms with van der Waals surface area (Å²) in [6, 6.07) is 10.4. The number of hydrogen-bond donors (Lipinski definition) is 2. The first-order chi connectivity index (χ1) is 10.1. The second kappa shape index (κ2) is 7.45. The predicted molar refractivity (Wildman–Crippen MR) is 85.4 cm³/mol. The molecule has 7 heteroatoms. The van der Waals surface area contributed by atoms with Crippen molar-refractivity contribution in [3.8, 4) is 0 Å². The highest BCUT2D eigenvalue weighted by Gasteiger charge is 2.13. The molecule has 4 nitrogen and oxygen atoms in total. The summed E-state index contributed by atoms with van der Waals surface area (Å²) in [6.07, 6.45) is 0. The van der Waals surface area contributed by atoms with Gasteiger partial charge in [-0.2, -0.15) is 0 Å². The minimum absolute atomic E-state index is 0.179. The Balaban J connectivity index is 1.76. The van der Waals surface area contributed by atoms with Crippen LogP contribution < -0.4 is 10.6 Å². The number of benzene rings is 1. The SMILES string of the molecule is O=C(NCCNC(=O)c1cc(Cl)sc1Cl)c1ccccc1. The van der Waals surface area contributed by atoms with Crippen molar-refractivity contribution in [2.45, 2.75) is 0 Å². The fourth-order valence-electron chi connectivity index (χ4n) is 1.63. The molecule has 2 rings (SSSR count). The maximum atomic E-state index is 11.8. The van der Waals surface area contributed by atoms with Crippen LogP contribution in [0.5, 0.6) is 0 Å². The molecule has 0 radical (unpaired) electrons. The standard InChI is InChI=1S/C14H12Cl2N2O2S/c15-11-8-10(12(16)21-11)14(20)18-7-6-17-13(19)9-4-2-1-3-5-9/h1-5,8H,6-7H2,(H,17,19)(H,18,20). The van der Waals surface area contributed by atoms with Crippen LogP contribution in [-0.4, -0.2) is 24.9 Å². The van der Waals surface area contributed by atoms with Gasteiger partial charge in [-0.05, 0) is 18.2 Å². The molecule has 0 aliphatic rings. The van der Waals surface area contributed by atoms with Crippen LogP contribution in [0.25, 0.3) is 0 Å². The third-order valence-electron chi connectivity index (χ3n) is 2.63. The van der Waals surface area contributed by atoms with Gasteiger partial charge in [0.05, 0.1) is 9.90 Å². The van der Waals surface area contributed by atoms with Crippen LogP contribution in [0.3, 0.4) is 0 Å². The minimum atomic E-state index is -0.308. The van der Waals surface area contributed by atoms with E-state index in [2.05, 4.69) is 10.6 Å². The van der Waals surface area contributed by atoms with Crippen LogP contribution in [0.2, 0.25) is 8.67 Å². The monoisotopic (exact) mass is 342 g/mol. The number of thiophene rings is 1. The summed E-state index contributed by atoms with van der Waals surface area (Å²) in [7, 11) is 0. The van der Waals surface area contributed by atoms with Gasteiger partial charge in [0.25, 0.3) is 11.8 Å². The van der Waals surface area contributed by atoms with Crippen molar-refractivity contribution >= 4 is 46.4 Å². The van der Waals surface area contributed by atoms with Crippen molar-refractivity contribution in [1.29, 1.82) is 0 Å². The maximum Gasteiger partial charge on any atom is 0.253 e. The molecule has 0 unspecified atom stereocenters. The molecular weight excluding hydrogens is 331 g/mol. The number of hydrogen-bond acceptors (Lipinski definition) is 3. The van der Waals surface area contributed by atoms with Crippen molar-refractivity contribution < 1.29 is 9.59 Å². The molecule has 2 N–H and O–H groups in total. The molecule has 0 spiro atoms. The lowest BCUT2D eigenvalue weighted by atomic mass is 10.2. The largest absolute Gasteiger partial charge is 0.350 e. The molecular formula is C14H12Cl2N2O2S. The second-order valence-electron chi connectivity index (χ2n) is 4.12. The van der Waals surface area contributed by atoms with Crippen molar-refractivity contribution in [2.24, 2.45) is 0 Å². The van der Waals surface area contributed by atoms with Crippen molar-refractivity contribution in [1.82, 2.24) is 10.6 Å². The molecule has 0 fully saturated rings. The van der Waals surface area contributed by atoms with E-state index in [4.69, 9.17) is 23.2 Å². The zero-order valence-electron chi connectivity index (χ0n) is 10.9. The van der Waals surface area contributed by atoms with Gasteiger partial charge in [-0.25, -0.2) is 0 Å². The van der Waals surface area contributed by atoms with Gasteiger partial charge in [0, 0.05) is 18.7 Å². The summed E-state index contributed by atoms with van der Waals surface area (Å²) >= 11 is 12.8. The molecule has 0 bridgehead atoms. The van der Waals surface area contributed by atoms with E-state index in [-0.39, 0.29) is 11.8 Å². The molecule has 0 atom stereocenters. The van der Waals surface area contributed by atoms with E-state index in [1.807, 2.05) is 6.07 Å². The molecule has 2 aromatic rings. The molecule has 0 saturated carbocycles. The molecule has 1 heterocycles. The summed E-state index contributed by atoms with van der Waals surface area (Å²) in [5.74, 6) is -0.487. The molecule has 0 aliphatic heterocycles. The van der Waals surface area contributed by atoms with Gasteiger partial charge in [-0.1, -0.05) is 41.4 Å². The van der Waals surface area contributed by atoms with E-state index in [1.54, 1.807) is 24.3 Å². The highest BCUT2D eigenvalue weighted by Crippen LogP contribution is 2.30. The number of nitrogens with one attached hydrogen (secondary N) is 2. The Labute approximate surface area is 136 Å². The third-order valence-corrected chi connectivity index (χ3v) is 4.12. The number of rotatable bonds is 5. The Kier molecular flexibility index (Phi) is 5.61. The quantitative estimate of drug-likeness (QED) is 0.819. The molecule has 21 heavy (non-hydrogen) atoms. The molecule has 2 amide bonds. The maximum absolute atomic E-state index is 11.8. The molecule has 0 saturated heterocycles. The highest BCUT2D eigenvalue weighted by molar-refractivity contribution is 7.20. The first kappa shape index (κ1) is 15.8. The van der Waals surface area contributed by atoms with E-state index in [0.717, 1.165) is 11.3 Å². The lowest BCUT2D eigenvalue weighted by Crippen LogP contribution is -2.34. The van der Waals surface area contributed by atoms with Crippen LogP contribution in [-0.2, 0) is 0 Å². The second-order valence-corrected chi connectivity index (χ2v) is 6.40. The van der Waals surface area contributed by atoms with E-state index in [0.29, 0.717) is 32.9 Å². The van der Waals surface area contributed by atoms with Crippen LogP contribution in [0.4, 0.5) is 0 Å². The van der Waals surface area contributed by atoms with Gasteiger partial charge < -0.3 is 10.6 Å². The first-order valence-corrected chi connectivity index (χ1v) is 7.71. The zero-order chi connectivity index (χ0) is 15.2. The first-order valence-electron chi connectivity index (χ1n) is 6.14. The van der Waals surface area contributed by atoms with Crippen LogP contribution in [0.15, 0.2) is 36.4 Å². The normalized spacial score (nSPS) is 10.2. The van der Waals surface area contributed by atoms with Gasteiger partial charge in [0.1, 0.15) is 4.34 Å². The summed E-state index contributed by atoms with van der Waals surface area (Å²) in [6.45, 7) is 0.635. The van der Waals surface area contributed by atoms with Gasteiger partial charge >= 0.3 is 0 Å². The van der Waals surface area contributed by atoms with E-state index >= 15 is 0 Å². The average molecular weight is 343 g/mol. The Morgan fingerprint density at radius 1 is 1.00 bits per heavy atom. The van der Waals surface area contributed by atoms with E-state index in [1.165, 1.54) is 6.07 Å². The average Bonchev–Trinajstić information content (AvgIpc) is 2.83. The lowest BCUT2D eigenvalue weighted by molar-refractivity contribution is 0.0928. The Bertz CT molecular complexity index is 644. The summed E-state index contributed by atoms with van der Waals surface area (Å²) in [5, 5.41) is 5.39. The Morgan fingerprint density at radius 2 is 1.62 bits per heavy atom. The summed E-state index contributed by atoms with van der Waals surface area (Å²) in [4.78, 5) is 23.6. The van der Waals surface area contributed by atoms with Crippen LogP contribution >= 0.6 is 34.5 Å². The van der Waals surface area contributed by atoms with Gasteiger partial charge in [0.15, 0.2) is 0 Å². The lowest BCUT2D eigenvalue weighted by Gasteiger charge is -2.06. The molecule has 1 aromatic heterocycles. The third kappa shape index (κ3) is 4.46. The highest BCUT2D eigenvalue weighted by atomic mass is 35.5. The summed E-state index contributed by atoms with van der Waals surface area (Å²) < 4.78 is 0.813. The summed E-state index contributed by atoms with van der Waals surface area (Å²) in [5.41, 5.74) is 0.928. The van der Waals surface area contributed by atoms with Gasteiger partial charge in [0.2, 0.25) is 0 Å². The predicted octanol–water partition coefficient (Wildman–Crippen LogP) is 3.21. The fraction of sp³-hybridized carbons (Fsp3) is 0.143. The van der Waals surface area contributed by atoms with E-state index in [9.17, 15) is 9.59 Å². The van der Waals surface area contributed by atoms with Crippen LogP contribution in [0, 0.1) is 0 Å².